The summed E-state index contributed by atoms with van der Waals surface area (Å²) < 4.78 is 28.6. The van der Waals surface area contributed by atoms with Gasteiger partial charge in [-0.2, -0.15) is 5.10 Å². The molecule has 0 spiro atoms. The molecule has 0 amide bonds. The number of ether oxygens (including phenoxy) is 1. The molecular formula is C9H12N3O4S-. The van der Waals surface area contributed by atoms with Crippen LogP contribution < -0.4 is 4.72 Å². The van der Waals surface area contributed by atoms with Crippen molar-refractivity contribution in [2.24, 2.45) is 5.10 Å². The van der Waals surface area contributed by atoms with E-state index in [2.05, 4.69) is 9.82 Å². The third-order valence-corrected chi connectivity index (χ3v) is 2.11. The molecule has 0 aliphatic rings. The maximum absolute atomic E-state index is 11.4. The van der Waals surface area contributed by atoms with Crippen LogP contribution in [0.25, 0.3) is 0 Å². The Morgan fingerprint density at radius 2 is 2.53 bits per heavy atom. The minimum absolute atomic E-state index is 0.0521. The molecule has 1 heterocycles. The number of hydrogen-bond donors (Lipinski definition) is 1. The molecule has 0 aliphatic heterocycles. The van der Waals surface area contributed by atoms with Gasteiger partial charge in [-0.25, -0.2) is 14.2 Å². The summed E-state index contributed by atoms with van der Waals surface area (Å²) in [5, 5.41) is 3.90. The van der Waals surface area contributed by atoms with E-state index < -0.39 is 17.2 Å². The quantitative estimate of drug-likeness (QED) is 0.437. The normalized spacial score (nSPS) is 12.8. The zero-order valence-electron chi connectivity index (χ0n) is 9.16. The van der Waals surface area contributed by atoms with E-state index in [0.29, 0.717) is 0 Å². The molecule has 17 heavy (non-hydrogen) atoms. The van der Waals surface area contributed by atoms with Crippen molar-refractivity contribution in [3.8, 4) is 0 Å². The molecule has 0 saturated carbocycles. The fraction of sp³-hybridized carbons (Fsp3) is 0.333. The van der Waals surface area contributed by atoms with Gasteiger partial charge in [0.05, 0.1) is 6.61 Å². The minimum Gasteiger partial charge on any atom is -0.760 e. The average Bonchev–Trinajstić information content (AvgIpc) is 2.72. The van der Waals surface area contributed by atoms with Crippen molar-refractivity contribution in [3.05, 3.63) is 24.0 Å². The zero-order chi connectivity index (χ0) is 12.7. The van der Waals surface area contributed by atoms with Crippen LogP contribution in [0.5, 0.6) is 0 Å². The molecule has 1 atom stereocenters. The predicted molar refractivity (Wildman–Crippen MR) is 61.2 cm³/mol. The molecule has 1 rings (SSSR count). The van der Waals surface area contributed by atoms with Gasteiger partial charge in [0.25, 0.3) is 0 Å². The summed E-state index contributed by atoms with van der Waals surface area (Å²) in [4.78, 5) is 11.4. The first kappa shape index (κ1) is 13.6. The number of aromatic nitrogens is 1. The van der Waals surface area contributed by atoms with Crippen LogP contribution in [-0.4, -0.2) is 38.8 Å². The Kier molecular flexibility index (Phi) is 5.53. The number of carbonyl (C=O) groups excluding carboxylic acids is 1. The van der Waals surface area contributed by atoms with Gasteiger partial charge in [0.15, 0.2) is 0 Å². The predicted octanol–water partition coefficient (Wildman–Crippen LogP) is -0.118. The Morgan fingerprint density at radius 1 is 1.76 bits per heavy atom. The SMILES string of the molecule is CCOC(=O)c1cccn1N=CCNS(=O)[O-]. The second-order valence-electron chi connectivity index (χ2n) is 2.84. The summed E-state index contributed by atoms with van der Waals surface area (Å²) >= 11 is -2.32. The van der Waals surface area contributed by atoms with E-state index in [0.717, 1.165) is 0 Å². The second kappa shape index (κ2) is 6.94. The van der Waals surface area contributed by atoms with Gasteiger partial charge in [-0.05, 0) is 19.1 Å². The topological polar surface area (TPSA) is 95.8 Å². The Balaban J connectivity index is 2.62. The lowest BCUT2D eigenvalue weighted by atomic mass is 10.4. The third kappa shape index (κ3) is 4.47. The van der Waals surface area contributed by atoms with Crippen LogP contribution in [0.4, 0.5) is 0 Å². The van der Waals surface area contributed by atoms with Gasteiger partial charge in [-0.3, -0.25) is 4.21 Å². The number of nitrogens with zero attached hydrogens (tertiary/aromatic N) is 2. The standard InChI is InChI=1S/C9H13N3O4S/c1-2-16-9(13)8-4-3-7-12(8)10-5-6-11-17(14)15/h3-5,7,11H,2,6H2,1H3,(H,14,15)/p-1. The number of esters is 1. The van der Waals surface area contributed by atoms with Crippen molar-refractivity contribution < 1.29 is 18.3 Å². The highest BCUT2D eigenvalue weighted by Gasteiger charge is 2.10. The van der Waals surface area contributed by atoms with E-state index >= 15 is 0 Å². The molecule has 0 aliphatic carbocycles. The van der Waals surface area contributed by atoms with Crippen molar-refractivity contribution in [2.45, 2.75) is 6.92 Å². The lowest BCUT2D eigenvalue weighted by molar-refractivity contribution is 0.0515. The van der Waals surface area contributed by atoms with Crippen molar-refractivity contribution in [1.82, 2.24) is 9.40 Å². The van der Waals surface area contributed by atoms with Crippen molar-refractivity contribution in [3.63, 3.8) is 0 Å². The highest BCUT2D eigenvalue weighted by Crippen LogP contribution is 2.03. The summed E-state index contributed by atoms with van der Waals surface area (Å²) in [6.45, 7) is 2.04. The molecule has 0 fully saturated rings. The third-order valence-electron chi connectivity index (χ3n) is 1.71. The Morgan fingerprint density at radius 3 is 3.18 bits per heavy atom. The average molecular weight is 258 g/mol. The summed E-state index contributed by atoms with van der Waals surface area (Å²) in [6, 6.07) is 3.21. The molecule has 0 radical (unpaired) electrons. The monoisotopic (exact) mass is 258 g/mol. The van der Waals surface area contributed by atoms with Crippen LogP contribution in [0.2, 0.25) is 0 Å². The Labute approximate surface area is 101 Å². The van der Waals surface area contributed by atoms with E-state index in [1.165, 1.54) is 10.9 Å². The molecule has 1 unspecified atom stereocenters. The lowest BCUT2D eigenvalue weighted by Gasteiger charge is -2.04. The first-order valence-electron chi connectivity index (χ1n) is 4.85. The van der Waals surface area contributed by atoms with E-state index in [-0.39, 0.29) is 18.8 Å². The van der Waals surface area contributed by atoms with E-state index in [4.69, 9.17) is 4.74 Å². The van der Waals surface area contributed by atoms with Gasteiger partial charge in [0.1, 0.15) is 5.69 Å². The van der Waals surface area contributed by atoms with Gasteiger partial charge in [-0.1, -0.05) is 0 Å². The van der Waals surface area contributed by atoms with Crippen molar-refractivity contribution in [1.29, 1.82) is 0 Å². The second-order valence-corrected chi connectivity index (χ2v) is 3.60. The Hall–Kier alpha value is -1.51. The van der Waals surface area contributed by atoms with E-state index in [1.807, 2.05) is 0 Å². The molecule has 1 aromatic rings. The molecule has 7 nitrogen and oxygen atoms in total. The number of nitrogens with one attached hydrogen (secondary N) is 1. The van der Waals surface area contributed by atoms with Crippen molar-refractivity contribution in [2.75, 3.05) is 13.2 Å². The first-order chi connectivity index (χ1) is 8.15. The molecular weight excluding hydrogens is 246 g/mol. The zero-order valence-corrected chi connectivity index (χ0v) is 9.98. The molecule has 8 heteroatoms. The van der Waals surface area contributed by atoms with Gasteiger partial charge in [0.2, 0.25) is 0 Å². The van der Waals surface area contributed by atoms with E-state index in [9.17, 15) is 13.6 Å². The van der Waals surface area contributed by atoms with Gasteiger partial charge in [-0.15, -0.1) is 0 Å². The summed E-state index contributed by atoms with van der Waals surface area (Å²) in [5.41, 5.74) is 0.284. The van der Waals surface area contributed by atoms with Crippen LogP contribution in [-0.2, 0) is 16.0 Å². The van der Waals surface area contributed by atoms with Gasteiger partial charge >= 0.3 is 5.97 Å². The highest BCUT2D eigenvalue weighted by atomic mass is 32.2. The summed E-state index contributed by atoms with van der Waals surface area (Å²) in [5.74, 6) is -0.477. The number of rotatable bonds is 6. The lowest BCUT2D eigenvalue weighted by Crippen LogP contribution is -2.19. The van der Waals surface area contributed by atoms with Crippen LogP contribution in [0, 0.1) is 0 Å². The first-order valence-corrected chi connectivity index (χ1v) is 5.92. The maximum Gasteiger partial charge on any atom is 0.356 e. The Bertz CT molecular complexity index is 430. The van der Waals surface area contributed by atoms with E-state index in [1.54, 1.807) is 25.3 Å². The maximum atomic E-state index is 11.4. The molecule has 0 aromatic carbocycles. The van der Waals surface area contributed by atoms with Crippen LogP contribution in [0.15, 0.2) is 23.4 Å². The smallest absolute Gasteiger partial charge is 0.356 e. The largest absolute Gasteiger partial charge is 0.760 e. The number of carbonyl (C=O) groups is 1. The fourth-order valence-corrected chi connectivity index (χ4v) is 1.28. The highest BCUT2D eigenvalue weighted by molar-refractivity contribution is 7.77. The van der Waals surface area contributed by atoms with Gasteiger partial charge in [0, 0.05) is 30.2 Å². The van der Waals surface area contributed by atoms with Crippen LogP contribution in [0.3, 0.4) is 0 Å². The summed E-state index contributed by atoms with van der Waals surface area (Å²) in [7, 11) is 0. The summed E-state index contributed by atoms with van der Waals surface area (Å²) in [6.07, 6.45) is 2.90. The van der Waals surface area contributed by atoms with Crippen LogP contribution in [0.1, 0.15) is 17.4 Å². The molecule has 0 saturated heterocycles. The number of hydrogen-bond acceptors (Lipinski definition) is 5. The van der Waals surface area contributed by atoms with Crippen molar-refractivity contribution >= 4 is 23.5 Å². The van der Waals surface area contributed by atoms with Gasteiger partial charge < -0.3 is 9.29 Å². The molecule has 94 valence electrons. The minimum atomic E-state index is -2.32. The molecule has 1 N–H and O–H groups in total. The molecule has 1 aromatic heterocycles. The fourth-order valence-electron chi connectivity index (χ4n) is 1.07. The molecule has 0 bridgehead atoms. The van der Waals surface area contributed by atoms with Crippen LogP contribution >= 0.6 is 0 Å².